The first-order chi connectivity index (χ1) is 11.2. The monoisotopic (exact) mass is 370 g/mol. The molecule has 1 fully saturated rings. The molecule has 0 radical (unpaired) electrons. The Morgan fingerprint density at radius 3 is 2.62 bits per heavy atom. The molecule has 0 saturated carbocycles. The lowest BCUT2D eigenvalue weighted by molar-refractivity contribution is -0.105. The van der Waals surface area contributed by atoms with Crippen molar-refractivity contribution in [1.29, 1.82) is 0 Å². The smallest absolute Gasteiger partial charge is 0.354 e. The van der Waals surface area contributed by atoms with Crippen LogP contribution in [0.1, 0.15) is 18.4 Å². The van der Waals surface area contributed by atoms with Gasteiger partial charge in [0.15, 0.2) is 0 Å². The summed E-state index contributed by atoms with van der Waals surface area (Å²) in [7, 11) is 0. The number of amidine groups is 1. The number of aliphatic imine (C=N–C) groups is 1. The van der Waals surface area contributed by atoms with E-state index < -0.39 is 30.7 Å². The van der Waals surface area contributed by atoms with Crippen LogP contribution in [0.4, 0.5) is 32.0 Å². The SMILES string of the molecule is Cc1cc(F)c(/N=C2/CCCN2CC(F)F)cc1SCC(F)(F)F. The second-order valence-corrected chi connectivity index (χ2v) is 6.46. The second kappa shape index (κ2) is 7.67. The molecular weight excluding hydrogens is 354 g/mol. The number of benzene rings is 1. The molecule has 0 amide bonds. The van der Waals surface area contributed by atoms with Crippen LogP contribution in [0.25, 0.3) is 0 Å². The second-order valence-electron chi connectivity index (χ2n) is 5.44. The van der Waals surface area contributed by atoms with E-state index >= 15 is 0 Å². The van der Waals surface area contributed by atoms with E-state index in [-0.39, 0.29) is 10.6 Å². The maximum absolute atomic E-state index is 14.0. The lowest BCUT2D eigenvalue weighted by Gasteiger charge is -2.18. The normalized spacial score (nSPS) is 17.3. The van der Waals surface area contributed by atoms with Crippen LogP contribution in [-0.4, -0.2) is 42.2 Å². The fourth-order valence-electron chi connectivity index (χ4n) is 2.39. The molecule has 0 spiro atoms. The number of likely N-dealkylation sites (tertiary alicyclic amines) is 1. The summed E-state index contributed by atoms with van der Waals surface area (Å²) < 4.78 is 76.2. The van der Waals surface area contributed by atoms with Crippen molar-refractivity contribution in [2.24, 2.45) is 4.99 Å². The first-order valence-electron chi connectivity index (χ1n) is 7.26. The van der Waals surface area contributed by atoms with E-state index in [2.05, 4.69) is 4.99 Å². The highest BCUT2D eigenvalue weighted by Crippen LogP contribution is 2.34. The first-order valence-corrected chi connectivity index (χ1v) is 8.24. The molecule has 1 aromatic carbocycles. The molecule has 0 aromatic heterocycles. The van der Waals surface area contributed by atoms with Gasteiger partial charge in [0.25, 0.3) is 6.43 Å². The molecule has 0 aliphatic carbocycles. The first kappa shape index (κ1) is 19.0. The van der Waals surface area contributed by atoms with Crippen molar-refractivity contribution in [2.45, 2.75) is 37.3 Å². The van der Waals surface area contributed by atoms with Gasteiger partial charge >= 0.3 is 6.18 Å². The van der Waals surface area contributed by atoms with Crippen molar-refractivity contribution in [1.82, 2.24) is 4.90 Å². The molecule has 2 rings (SSSR count). The van der Waals surface area contributed by atoms with Crippen LogP contribution in [0.3, 0.4) is 0 Å². The number of rotatable bonds is 5. The summed E-state index contributed by atoms with van der Waals surface area (Å²) in [6.07, 6.45) is -5.80. The minimum absolute atomic E-state index is 0.124. The van der Waals surface area contributed by atoms with Crippen LogP contribution in [0, 0.1) is 12.7 Å². The zero-order chi connectivity index (χ0) is 17.9. The van der Waals surface area contributed by atoms with Gasteiger partial charge in [0.1, 0.15) is 17.3 Å². The van der Waals surface area contributed by atoms with Crippen LogP contribution in [0.15, 0.2) is 22.0 Å². The Labute approximate surface area is 139 Å². The zero-order valence-electron chi connectivity index (χ0n) is 12.8. The number of thioether (sulfide) groups is 1. The van der Waals surface area contributed by atoms with Crippen molar-refractivity contribution in [3.8, 4) is 0 Å². The molecular formula is C15H16F6N2S. The van der Waals surface area contributed by atoms with E-state index in [1.807, 2.05) is 0 Å². The predicted octanol–water partition coefficient (Wildman–Crippen LogP) is 5.18. The average Bonchev–Trinajstić information content (AvgIpc) is 2.86. The molecule has 0 bridgehead atoms. The van der Waals surface area contributed by atoms with Gasteiger partial charge in [-0.05, 0) is 31.0 Å². The third-order valence-electron chi connectivity index (χ3n) is 3.44. The minimum Gasteiger partial charge on any atom is -0.354 e. The molecule has 1 aliphatic heterocycles. The fraction of sp³-hybridized carbons (Fsp3) is 0.533. The van der Waals surface area contributed by atoms with Crippen molar-refractivity contribution in [3.05, 3.63) is 23.5 Å². The molecule has 2 nitrogen and oxygen atoms in total. The van der Waals surface area contributed by atoms with Crippen LogP contribution >= 0.6 is 11.8 Å². The van der Waals surface area contributed by atoms with Crippen LogP contribution in [-0.2, 0) is 0 Å². The molecule has 1 saturated heterocycles. The summed E-state index contributed by atoms with van der Waals surface area (Å²) in [5.41, 5.74) is 0.253. The number of aryl methyl sites for hydroxylation is 1. The van der Waals surface area contributed by atoms with Crippen LogP contribution < -0.4 is 0 Å². The highest BCUT2D eigenvalue weighted by molar-refractivity contribution is 7.99. The third-order valence-corrected chi connectivity index (χ3v) is 4.66. The Hall–Kier alpha value is -1.38. The highest BCUT2D eigenvalue weighted by Gasteiger charge is 2.28. The lowest BCUT2D eigenvalue weighted by Crippen LogP contribution is -2.29. The number of nitrogens with zero attached hydrogens (tertiary/aromatic N) is 2. The number of hydrogen-bond donors (Lipinski definition) is 0. The van der Waals surface area contributed by atoms with Gasteiger partial charge < -0.3 is 4.90 Å². The Kier molecular flexibility index (Phi) is 6.06. The maximum Gasteiger partial charge on any atom is 0.398 e. The van der Waals surface area contributed by atoms with Gasteiger partial charge in [-0.3, -0.25) is 0 Å². The van der Waals surface area contributed by atoms with Gasteiger partial charge in [-0.1, -0.05) is 0 Å². The molecule has 0 atom stereocenters. The predicted molar refractivity (Wildman–Crippen MR) is 81.8 cm³/mol. The Bertz CT molecular complexity index is 615. The molecule has 9 heteroatoms. The quantitative estimate of drug-likeness (QED) is 0.524. The number of halogens is 6. The van der Waals surface area contributed by atoms with Crippen molar-refractivity contribution >= 4 is 23.3 Å². The van der Waals surface area contributed by atoms with E-state index in [0.29, 0.717) is 42.5 Å². The summed E-state index contributed by atoms with van der Waals surface area (Å²) in [5, 5.41) is 0. The van der Waals surface area contributed by atoms with Crippen molar-refractivity contribution < 1.29 is 26.3 Å². The Morgan fingerprint density at radius 2 is 2.00 bits per heavy atom. The molecule has 134 valence electrons. The highest BCUT2D eigenvalue weighted by atomic mass is 32.2. The largest absolute Gasteiger partial charge is 0.398 e. The number of alkyl halides is 5. The van der Waals surface area contributed by atoms with Crippen molar-refractivity contribution in [3.63, 3.8) is 0 Å². The summed E-state index contributed by atoms with van der Waals surface area (Å²) in [6, 6.07) is 2.36. The lowest BCUT2D eigenvalue weighted by atomic mass is 10.2. The maximum atomic E-state index is 14.0. The zero-order valence-corrected chi connectivity index (χ0v) is 13.7. The van der Waals surface area contributed by atoms with Gasteiger partial charge in [0.2, 0.25) is 0 Å². The molecule has 1 aliphatic rings. The van der Waals surface area contributed by atoms with E-state index in [1.165, 1.54) is 17.9 Å². The molecule has 24 heavy (non-hydrogen) atoms. The fourth-order valence-corrected chi connectivity index (χ4v) is 3.19. The van der Waals surface area contributed by atoms with Crippen LogP contribution in [0.2, 0.25) is 0 Å². The summed E-state index contributed by atoms with van der Waals surface area (Å²) in [5.74, 6) is -1.43. The van der Waals surface area contributed by atoms with E-state index in [4.69, 9.17) is 0 Å². The van der Waals surface area contributed by atoms with Gasteiger partial charge in [-0.15, -0.1) is 11.8 Å². The molecule has 1 aromatic rings. The van der Waals surface area contributed by atoms with Crippen molar-refractivity contribution in [2.75, 3.05) is 18.8 Å². The molecule has 0 unspecified atom stereocenters. The van der Waals surface area contributed by atoms with E-state index in [0.717, 1.165) is 6.07 Å². The summed E-state index contributed by atoms with van der Waals surface area (Å²) in [4.78, 5) is 5.73. The average molecular weight is 370 g/mol. The van der Waals surface area contributed by atoms with Gasteiger partial charge in [-0.2, -0.15) is 13.2 Å². The Balaban J connectivity index is 2.24. The minimum atomic E-state index is -4.34. The van der Waals surface area contributed by atoms with E-state index in [1.54, 1.807) is 0 Å². The van der Waals surface area contributed by atoms with Crippen LogP contribution in [0.5, 0.6) is 0 Å². The Morgan fingerprint density at radius 1 is 1.29 bits per heavy atom. The van der Waals surface area contributed by atoms with Gasteiger partial charge in [0, 0.05) is 17.9 Å². The standard InChI is InChI=1S/C15H16F6N2S/c1-9-5-10(16)11(6-12(9)24-8-15(19,20)21)22-14-3-2-4-23(14)7-13(17)18/h5-6,13H,2-4,7-8H2,1H3/b22-14-. The van der Waals surface area contributed by atoms with Gasteiger partial charge in [0.05, 0.1) is 12.3 Å². The van der Waals surface area contributed by atoms with Gasteiger partial charge in [-0.25, -0.2) is 18.2 Å². The molecule has 0 N–H and O–H groups in total. The molecule has 1 heterocycles. The summed E-state index contributed by atoms with van der Waals surface area (Å²) >= 11 is 0.552. The number of hydrogen-bond acceptors (Lipinski definition) is 2. The topological polar surface area (TPSA) is 15.6 Å². The third kappa shape index (κ3) is 5.32. The summed E-state index contributed by atoms with van der Waals surface area (Å²) in [6.45, 7) is 1.44. The van der Waals surface area contributed by atoms with E-state index in [9.17, 15) is 26.3 Å².